The van der Waals surface area contributed by atoms with E-state index in [0.29, 0.717) is 0 Å². The van der Waals surface area contributed by atoms with Gasteiger partial charge in [-0.3, -0.25) is 0 Å². The van der Waals surface area contributed by atoms with Gasteiger partial charge in [-0.25, -0.2) is 9.97 Å². The first-order chi connectivity index (χ1) is 8.78. The summed E-state index contributed by atoms with van der Waals surface area (Å²) in [5.74, 6) is 1.25. The van der Waals surface area contributed by atoms with Crippen molar-refractivity contribution in [3.05, 3.63) is 17.3 Å². The molecule has 0 amide bonds. The molecular formula is C13H15N3OS. The Balaban J connectivity index is 1.92. The Morgan fingerprint density at radius 1 is 1.39 bits per heavy atom. The average Bonchev–Trinajstić information content (AvgIpc) is 2.79. The van der Waals surface area contributed by atoms with E-state index in [9.17, 15) is 4.79 Å². The normalized spacial score (nSPS) is 17.3. The van der Waals surface area contributed by atoms with Gasteiger partial charge < -0.3 is 9.69 Å². The van der Waals surface area contributed by atoms with Crippen molar-refractivity contribution in [1.29, 1.82) is 0 Å². The molecule has 0 atom stereocenters. The minimum Gasteiger partial charge on any atom is -0.356 e. The van der Waals surface area contributed by atoms with Crippen LogP contribution in [0.5, 0.6) is 0 Å². The van der Waals surface area contributed by atoms with E-state index >= 15 is 0 Å². The molecule has 3 heterocycles. The fraction of sp³-hybridized carbons (Fsp3) is 0.462. The van der Waals surface area contributed by atoms with Crippen molar-refractivity contribution in [1.82, 2.24) is 9.97 Å². The fourth-order valence-corrected chi connectivity index (χ4v) is 3.30. The molecule has 0 radical (unpaired) electrons. The number of hydrogen-bond donors (Lipinski definition) is 0. The van der Waals surface area contributed by atoms with Crippen LogP contribution >= 0.6 is 11.3 Å². The summed E-state index contributed by atoms with van der Waals surface area (Å²) < 4.78 is 0. The lowest BCUT2D eigenvalue weighted by Crippen LogP contribution is -2.34. The Kier molecular flexibility index (Phi) is 2.99. The van der Waals surface area contributed by atoms with Crippen LogP contribution in [0.15, 0.2) is 12.4 Å². The maximum atomic E-state index is 10.8. The van der Waals surface area contributed by atoms with Gasteiger partial charge in [0.25, 0.3) is 0 Å². The number of anilines is 1. The number of aromatic nitrogens is 2. The van der Waals surface area contributed by atoms with Crippen molar-refractivity contribution >= 4 is 33.7 Å². The van der Waals surface area contributed by atoms with Gasteiger partial charge in [0, 0.05) is 23.9 Å². The van der Waals surface area contributed by atoms with Crippen LogP contribution in [-0.2, 0) is 4.79 Å². The highest BCUT2D eigenvalue weighted by Crippen LogP contribution is 2.31. The molecule has 2 aromatic heterocycles. The van der Waals surface area contributed by atoms with Crippen LogP contribution in [-0.4, -0.2) is 29.3 Å². The zero-order chi connectivity index (χ0) is 12.5. The fourth-order valence-electron chi connectivity index (χ4n) is 2.46. The maximum Gasteiger partial charge on any atom is 0.140 e. The standard InChI is InChI=1S/C13H15N3OS/c1-9-6-11-12(14-8-15-13(11)18-9)16-4-2-10(7-17)3-5-16/h6-8,10H,2-5H2,1H3. The van der Waals surface area contributed by atoms with Gasteiger partial charge in [0.1, 0.15) is 23.3 Å². The molecule has 94 valence electrons. The maximum absolute atomic E-state index is 10.8. The second kappa shape index (κ2) is 4.65. The summed E-state index contributed by atoms with van der Waals surface area (Å²) in [5, 5.41) is 1.14. The average molecular weight is 261 g/mol. The molecule has 0 N–H and O–H groups in total. The first-order valence-corrected chi connectivity index (χ1v) is 7.01. The molecular weight excluding hydrogens is 246 g/mol. The molecule has 2 aromatic rings. The van der Waals surface area contributed by atoms with E-state index in [1.165, 1.54) is 4.88 Å². The monoisotopic (exact) mass is 261 g/mol. The number of aryl methyl sites for hydroxylation is 1. The first kappa shape index (κ1) is 11.6. The number of aldehydes is 1. The SMILES string of the molecule is Cc1cc2c(N3CCC(C=O)CC3)ncnc2s1. The molecule has 18 heavy (non-hydrogen) atoms. The van der Waals surface area contributed by atoms with Gasteiger partial charge in [0.05, 0.1) is 5.39 Å². The third kappa shape index (κ3) is 1.99. The molecule has 0 saturated carbocycles. The second-order valence-corrected chi connectivity index (χ2v) is 5.97. The van der Waals surface area contributed by atoms with Gasteiger partial charge in [-0.05, 0) is 25.8 Å². The molecule has 0 unspecified atom stereocenters. The highest BCUT2D eigenvalue weighted by atomic mass is 32.1. The quantitative estimate of drug-likeness (QED) is 0.779. The van der Waals surface area contributed by atoms with Crippen molar-refractivity contribution in [2.75, 3.05) is 18.0 Å². The number of hydrogen-bond acceptors (Lipinski definition) is 5. The van der Waals surface area contributed by atoms with Gasteiger partial charge in [0.2, 0.25) is 0 Å². The minimum absolute atomic E-state index is 0.225. The summed E-state index contributed by atoms with van der Waals surface area (Å²) >= 11 is 1.70. The smallest absolute Gasteiger partial charge is 0.140 e. The molecule has 5 heteroatoms. The Morgan fingerprint density at radius 2 is 2.17 bits per heavy atom. The molecule has 0 aromatic carbocycles. The molecule has 1 fully saturated rings. The summed E-state index contributed by atoms with van der Waals surface area (Å²) in [6.07, 6.45) is 4.58. The van der Waals surface area contributed by atoms with E-state index < -0.39 is 0 Å². The molecule has 3 rings (SSSR count). The van der Waals surface area contributed by atoms with E-state index in [-0.39, 0.29) is 5.92 Å². The Bertz CT molecular complexity index is 573. The van der Waals surface area contributed by atoms with Crippen LogP contribution < -0.4 is 4.90 Å². The van der Waals surface area contributed by atoms with Crippen molar-refractivity contribution in [3.63, 3.8) is 0 Å². The van der Waals surface area contributed by atoms with E-state index in [1.54, 1.807) is 17.7 Å². The van der Waals surface area contributed by atoms with E-state index in [2.05, 4.69) is 27.9 Å². The zero-order valence-corrected chi connectivity index (χ0v) is 11.1. The summed E-state index contributed by atoms with van der Waals surface area (Å²) in [6, 6.07) is 2.15. The Labute approximate surface area is 110 Å². The summed E-state index contributed by atoms with van der Waals surface area (Å²) in [5.41, 5.74) is 0. The van der Waals surface area contributed by atoms with Crippen LogP contribution in [0.3, 0.4) is 0 Å². The highest BCUT2D eigenvalue weighted by molar-refractivity contribution is 7.18. The number of rotatable bonds is 2. The first-order valence-electron chi connectivity index (χ1n) is 6.19. The van der Waals surface area contributed by atoms with Crippen molar-refractivity contribution in [3.8, 4) is 0 Å². The van der Waals surface area contributed by atoms with Crippen LogP contribution in [0.2, 0.25) is 0 Å². The molecule has 4 nitrogen and oxygen atoms in total. The van der Waals surface area contributed by atoms with Crippen molar-refractivity contribution in [2.24, 2.45) is 5.92 Å². The van der Waals surface area contributed by atoms with E-state index in [1.807, 2.05) is 0 Å². The lowest BCUT2D eigenvalue weighted by molar-refractivity contribution is -0.111. The van der Waals surface area contributed by atoms with Gasteiger partial charge in [-0.1, -0.05) is 0 Å². The van der Waals surface area contributed by atoms with Gasteiger partial charge in [-0.15, -0.1) is 11.3 Å². The zero-order valence-electron chi connectivity index (χ0n) is 10.3. The number of nitrogens with zero attached hydrogens (tertiary/aromatic N) is 3. The van der Waals surface area contributed by atoms with E-state index in [4.69, 9.17) is 0 Å². The molecule has 1 aliphatic heterocycles. The third-order valence-corrected chi connectivity index (χ3v) is 4.42. The van der Waals surface area contributed by atoms with Crippen LogP contribution in [0.4, 0.5) is 5.82 Å². The molecule has 0 spiro atoms. The summed E-state index contributed by atoms with van der Waals surface area (Å²) in [6.45, 7) is 3.91. The van der Waals surface area contributed by atoms with E-state index in [0.717, 1.165) is 48.3 Å². The number of thiophene rings is 1. The van der Waals surface area contributed by atoms with Gasteiger partial charge in [-0.2, -0.15) is 0 Å². The largest absolute Gasteiger partial charge is 0.356 e. The topological polar surface area (TPSA) is 46.1 Å². The highest BCUT2D eigenvalue weighted by Gasteiger charge is 2.21. The molecule has 1 saturated heterocycles. The minimum atomic E-state index is 0.225. The van der Waals surface area contributed by atoms with Crippen LogP contribution in [0.25, 0.3) is 10.2 Å². The molecule has 1 aliphatic rings. The van der Waals surface area contributed by atoms with Crippen LogP contribution in [0, 0.1) is 12.8 Å². The predicted molar refractivity (Wildman–Crippen MR) is 73.2 cm³/mol. The number of carbonyl (C=O) groups is 1. The third-order valence-electron chi connectivity index (χ3n) is 3.46. The molecule has 0 aliphatic carbocycles. The number of fused-ring (bicyclic) bond motifs is 1. The lowest BCUT2D eigenvalue weighted by atomic mass is 9.98. The lowest BCUT2D eigenvalue weighted by Gasteiger charge is -2.30. The van der Waals surface area contributed by atoms with Gasteiger partial charge in [0.15, 0.2) is 0 Å². The van der Waals surface area contributed by atoms with Crippen LogP contribution in [0.1, 0.15) is 17.7 Å². The summed E-state index contributed by atoms with van der Waals surface area (Å²) in [7, 11) is 0. The Morgan fingerprint density at radius 3 is 2.89 bits per heavy atom. The second-order valence-electron chi connectivity index (χ2n) is 4.73. The predicted octanol–water partition coefficient (Wildman–Crippen LogP) is 2.42. The number of piperidine rings is 1. The summed E-state index contributed by atoms with van der Waals surface area (Å²) in [4.78, 5) is 24.1. The van der Waals surface area contributed by atoms with Gasteiger partial charge >= 0.3 is 0 Å². The Hall–Kier alpha value is -1.49. The molecule has 0 bridgehead atoms. The van der Waals surface area contributed by atoms with Crippen molar-refractivity contribution in [2.45, 2.75) is 19.8 Å². The van der Waals surface area contributed by atoms with Crippen molar-refractivity contribution < 1.29 is 4.79 Å². The number of carbonyl (C=O) groups excluding carboxylic acids is 1.